The molecule has 2 unspecified atom stereocenters. The minimum Gasteiger partial charge on any atom is -0.348 e. The number of hydrogen-bond donors (Lipinski definition) is 2. The van der Waals surface area contributed by atoms with Crippen molar-refractivity contribution in [2.45, 2.75) is 40.3 Å². The van der Waals surface area contributed by atoms with Gasteiger partial charge in [0, 0.05) is 83.7 Å². The van der Waals surface area contributed by atoms with Crippen molar-refractivity contribution >= 4 is 38.3 Å². The van der Waals surface area contributed by atoms with Gasteiger partial charge in [0.1, 0.15) is 0 Å². The number of halogens is 1. The van der Waals surface area contributed by atoms with E-state index in [-0.39, 0.29) is 24.1 Å². The SMILES string of the molecule is Cc1cc(C)c(CNC(=O)c2cc3cc(Br)cn3c(C(C)N3CCN(S(C)=O)CC3)c2C)c(=O)[nH]1. The molecule has 10 heteroatoms. The number of rotatable bonds is 6. The molecule has 2 N–H and O–H groups in total. The van der Waals surface area contributed by atoms with E-state index in [2.05, 4.69) is 42.5 Å². The van der Waals surface area contributed by atoms with Gasteiger partial charge in [-0.05, 0) is 73.0 Å². The number of amides is 1. The van der Waals surface area contributed by atoms with E-state index in [9.17, 15) is 13.8 Å². The third kappa shape index (κ3) is 5.30. The summed E-state index contributed by atoms with van der Waals surface area (Å²) in [5.74, 6) is -0.207. The van der Waals surface area contributed by atoms with Crippen LogP contribution >= 0.6 is 15.9 Å². The highest BCUT2D eigenvalue weighted by atomic mass is 79.9. The Morgan fingerprint density at radius 2 is 1.86 bits per heavy atom. The third-order valence-corrected chi connectivity index (χ3v) is 8.43. The molecule has 1 aliphatic heterocycles. The van der Waals surface area contributed by atoms with Crippen LogP contribution in [0.15, 0.2) is 33.7 Å². The monoisotopic (exact) mass is 561 g/mol. The summed E-state index contributed by atoms with van der Waals surface area (Å²) in [6.45, 7) is 11.1. The molecule has 0 spiro atoms. The first-order chi connectivity index (χ1) is 16.6. The number of piperazine rings is 1. The van der Waals surface area contributed by atoms with Crippen LogP contribution in [-0.4, -0.2) is 61.1 Å². The van der Waals surface area contributed by atoms with Crippen molar-refractivity contribution in [1.29, 1.82) is 0 Å². The van der Waals surface area contributed by atoms with Crippen LogP contribution in [0.4, 0.5) is 0 Å². The minimum atomic E-state index is -0.963. The highest BCUT2D eigenvalue weighted by Crippen LogP contribution is 2.31. The number of aromatic nitrogens is 2. The number of carbonyl (C=O) groups excluding carboxylic acids is 1. The Labute approximate surface area is 216 Å². The molecule has 3 aromatic heterocycles. The lowest BCUT2D eigenvalue weighted by Gasteiger charge is -2.37. The lowest BCUT2D eigenvalue weighted by molar-refractivity contribution is 0.0949. The van der Waals surface area contributed by atoms with Gasteiger partial charge < -0.3 is 14.7 Å². The second-order valence-corrected chi connectivity index (χ2v) is 11.5. The first-order valence-corrected chi connectivity index (χ1v) is 14.0. The Morgan fingerprint density at radius 1 is 1.17 bits per heavy atom. The Kier molecular flexibility index (Phi) is 7.65. The van der Waals surface area contributed by atoms with Gasteiger partial charge in [-0.3, -0.25) is 14.5 Å². The van der Waals surface area contributed by atoms with Crippen molar-refractivity contribution in [3.63, 3.8) is 0 Å². The third-order valence-electron chi connectivity index (χ3n) is 6.90. The fourth-order valence-electron chi connectivity index (χ4n) is 4.98. The standard InChI is InChI=1S/C25H32BrN5O3S/c1-15-10-16(2)28-25(33)22(15)13-27-24(32)21-12-20-11-19(26)14-31(20)23(17(21)3)18(4)29-6-8-30(9-7-29)35(5)34/h10-12,14,18H,6-9,13H2,1-5H3,(H,27,32)(H,28,33). The number of nitrogens with one attached hydrogen (secondary N) is 2. The van der Waals surface area contributed by atoms with Gasteiger partial charge in [0.15, 0.2) is 0 Å². The number of aryl methyl sites for hydroxylation is 2. The van der Waals surface area contributed by atoms with Crippen molar-refractivity contribution in [1.82, 2.24) is 23.9 Å². The Balaban J connectivity index is 1.65. The van der Waals surface area contributed by atoms with E-state index < -0.39 is 11.0 Å². The predicted molar refractivity (Wildman–Crippen MR) is 143 cm³/mol. The minimum absolute atomic E-state index is 0.0548. The van der Waals surface area contributed by atoms with E-state index in [4.69, 9.17) is 0 Å². The first kappa shape index (κ1) is 25.8. The largest absolute Gasteiger partial charge is 0.348 e. The zero-order valence-electron chi connectivity index (χ0n) is 20.8. The number of hydrogen-bond acceptors (Lipinski definition) is 4. The zero-order valence-corrected chi connectivity index (χ0v) is 23.2. The number of carbonyl (C=O) groups is 1. The molecule has 0 radical (unpaired) electrons. The molecule has 0 bridgehead atoms. The van der Waals surface area contributed by atoms with Crippen LogP contribution in [0.3, 0.4) is 0 Å². The van der Waals surface area contributed by atoms with Gasteiger partial charge in [0.05, 0.1) is 11.0 Å². The summed E-state index contributed by atoms with van der Waals surface area (Å²) in [5.41, 5.74) is 5.52. The van der Waals surface area contributed by atoms with Gasteiger partial charge in [-0.15, -0.1) is 0 Å². The predicted octanol–water partition coefficient (Wildman–Crippen LogP) is 3.22. The number of pyridine rings is 2. The smallest absolute Gasteiger partial charge is 0.253 e. The summed E-state index contributed by atoms with van der Waals surface area (Å²) >= 11 is 3.58. The molecular weight excluding hydrogens is 530 g/mol. The van der Waals surface area contributed by atoms with Gasteiger partial charge >= 0.3 is 0 Å². The molecule has 188 valence electrons. The van der Waals surface area contributed by atoms with Crippen molar-refractivity contribution in [2.75, 3.05) is 32.4 Å². The summed E-state index contributed by atoms with van der Waals surface area (Å²) in [5, 5.41) is 2.96. The molecule has 0 aromatic carbocycles. The molecule has 0 saturated carbocycles. The molecule has 1 fully saturated rings. The quantitative estimate of drug-likeness (QED) is 0.483. The molecule has 4 heterocycles. The van der Waals surface area contributed by atoms with Crippen LogP contribution in [-0.2, 0) is 17.5 Å². The number of nitrogens with zero attached hydrogens (tertiary/aromatic N) is 3. The molecule has 1 saturated heterocycles. The van der Waals surface area contributed by atoms with Gasteiger partial charge in [-0.2, -0.15) is 0 Å². The first-order valence-electron chi connectivity index (χ1n) is 11.7. The van der Waals surface area contributed by atoms with Gasteiger partial charge in [0.2, 0.25) is 0 Å². The van der Waals surface area contributed by atoms with E-state index in [1.165, 1.54) is 0 Å². The maximum Gasteiger partial charge on any atom is 0.253 e. The highest BCUT2D eigenvalue weighted by Gasteiger charge is 2.28. The zero-order chi connectivity index (χ0) is 25.4. The van der Waals surface area contributed by atoms with Gasteiger partial charge in [-0.1, -0.05) is 0 Å². The van der Waals surface area contributed by atoms with E-state index >= 15 is 0 Å². The molecular formula is C25H32BrN5O3S. The average Bonchev–Trinajstić information content (AvgIpc) is 3.17. The summed E-state index contributed by atoms with van der Waals surface area (Å²) in [4.78, 5) is 30.9. The maximum absolute atomic E-state index is 13.3. The molecule has 2 atom stereocenters. The van der Waals surface area contributed by atoms with Crippen LogP contribution in [0, 0.1) is 20.8 Å². The second-order valence-electron chi connectivity index (χ2n) is 9.21. The normalized spacial score (nSPS) is 17.0. The van der Waals surface area contributed by atoms with Crippen LogP contribution < -0.4 is 10.9 Å². The van der Waals surface area contributed by atoms with Crippen LogP contribution in [0.1, 0.15) is 51.4 Å². The van der Waals surface area contributed by atoms with Gasteiger partial charge in [0.25, 0.3) is 11.5 Å². The number of fused-ring (bicyclic) bond motifs is 1. The van der Waals surface area contributed by atoms with Crippen LogP contribution in [0.2, 0.25) is 0 Å². The van der Waals surface area contributed by atoms with E-state index in [0.29, 0.717) is 11.1 Å². The van der Waals surface area contributed by atoms with Crippen molar-refractivity contribution in [2.24, 2.45) is 0 Å². The lowest BCUT2D eigenvalue weighted by atomic mass is 10.0. The average molecular weight is 563 g/mol. The Morgan fingerprint density at radius 3 is 2.49 bits per heavy atom. The molecule has 0 aliphatic carbocycles. The summed E-state index contributed by atoms with van der Waals surface area (Å²) in [7, 11) is -0.963. The number of aromatic amines is 1. The fourth-order valence-corrected chi connectivity index (χ4v) is 6.09. The fraction of sp³-hybridized carbons (Fsp3) is 0.440. The molecule has 8 nitrogen and oxygen atoms in total. The van der Waals surface area contributed by atoms with Crippen molar-refractivity contribution < 1.29 is 9.00 Å². The summed E-state index contributed by atoms with van der Waals surface area (Å²) in [6.07, 6.45) is 3.75. The maximum atomic E-state index is 13.3. The van der Waals surface area contributed by atoms with E-state index in [1.807, 2.05) is 49.5 Å². The van der Waals surface area contributed by atoms with E-state index in [0.717, 1.165) is 58.7 Å². The lowest BCUT2D eigenvalue weighted by Crippen LogP contribution is -2.47. The highest BCUT2D eigenvalue weighted by molar-refractivity contribution is 9.10. The van der Waals surface area contributed by atoms with Gasteiger partial charge in [-0.25, -0.2) is 8.51 Å². The van der Waals surface area contributed by atoms with Crippen molar-refractivity contribution in [3.05, 3.63) is 72.9 Å². The molecule has 3 aromatic rings. The van der Waals surface area contributed by atoms with Crippen LogP contribution in [0.25, 0.3) is 5.52 Å². The Hall–Kier alpha value is -2.27. The van der Waals surface area contributed by atoms with Crippen molar-refractivity contribution in [3.8, 4) is 0 Å². The Bertz CT molecular complexity index is 1360. The molecule has 4 rings (SSSR count). The van der Waals surface area contributed by atoms with E-state index in [1.54, 1.807) is 6.26 Å². The second kappa shape index (κ2) is 10.4. The topological polar surface area (TPSA) is 89.9 Å². The molecule has 1 amide bonds. The van der Waals surface area contributed by atoms with Crippen LogP contribution in [0.5, 0.6) is 0 Å². The number of H-pyrrole nitrogens is 1. The summed E-state index contributed by atoms with van der Waals surface area (Å²) in [6, 6.07) is 5.86. The molecule has 1 aliphatic rings. The summed E-state index contributed by atoms with van der Waals surface area (Å²) < 4.78 is 16.9. The molecule has 35 heavy (non-hydrogen) atoms.